The van der Waals surface area contributed by atoms with Crippen molar-refractivity contribution in [2.75, 3.05) is 26.4 Å². The number of phosphoric acid groups is 1. The average Bonchev–Trinajstić information content (AvgIpc) is 3.10. The minimum atomic E-state index is -4.62. The van der Waals surface area contributed by atoms with Crippen LogP contribution < -0.4 is 5.73 Å². The number of phosphoric ester groups is 1. The van der Waals surface area contributed by atoms with Crippen molar-refractivity contribution in [3.63, 3.8) is 0 Å². The minimum absolute atomic E-state index is 0.00722. The molecular formula is C40H72NO9P. The van der Waals surface area contributed by atoms with Crippen molar-refractivity contribution in [3.05, 3.63) is 48.6 Å². The Balaban J connectivity index is 4.31. The summed E-state index contributed by atoms with van der Waals surface area (Å²) >= 11 is 0. The van der Waals surface area contributed by atoms with E-state index in [2.05, 4.69) is 62.5 Å². The molecule has 0 aliphatic carbocycles. The van der Waals surface area contributed by atoms with Crippen LogP contribution in [-0.2, 0) is 32.7 Å². The van der Waals surface area contributed by atoms with Crippen molar-refractivity contribution < 1.29 is 42.7 Å². The monoisotopic (exact) mass is 741 g/mol. The fraction of sp³-hybridized carbons (Fsp3) is 0.750. The van der Waals surface area contributed by atoms with E-state index in [1.54, 1.807) is 0 Å². The van der Waals surface area contributed by atoms with Crippen LogP contribution in [0.5, 0.6) is 0 Å². The van der Waals surface area contributed by atoms with Crippen molar-refractivity contribution >= 4 is 19.8 Å². The number of aliphatic carboxylic acids is 1. The molecule has 0 spiro atoms. The van der Waals surface area contributed by atoms with Gasteiger partial charge in [0.25, 0.3) is 0 Å². The molecule has 0 aromatic carbocycles. The Hall–Kier alpha value is -2.07. The number of carbonyl (C=O) groups is 2. The lowest BCUT2D eigenvalue weighted by atomic mass is 10.1. The second-order valence-corrected chi connectivity index (χ2v) is 14.5. The third-order valence-electron chi connectivity index (χ3n) is 8.09. The SMILES string of the molecule is CC/C=C\C/C=C\C/C=C\CCCCCCCCCC(=O)OC(COCCCCCCCC/C=C\CCCC)COP(=O)(O)OCC(N)C(=O)O. The first-order valence-electron chi connectivity index (χ1n) is 19.7. The van der Waals surface area contributed by atoms with Gasteiger partial charge in [-0.05, 0) is 64.2 Å². The van der Waals surface area contributed by atoms with Crippen LogP contribution >= 0.6 is 7.82 Å². The van der Waals surface area contributed by atoms with Gasteiger partial charge in [0.15, 0.2) is 0 Å². The summed E-state index contributed by atoms with van der Waals surface area (Å²) < 4.78 is 33.2. The van der Waals surface area contributed by atoms with E-state index in [0.29, 0.717) is 13.0 Å². The first-order chi connectivity index (χ1) is 24.7. The Labute approximate surface area is 309 Å². The molecular weight excluding hydrogens is 669 g/mol. The van der Waals surface area contributed by atoms with Gasteiger partial charge >= 0.3 is 19.8 Å². The quantitative estimate of drug-likeness (QED) is 0.0242. The highest BCUT2D eigenvalue weighted by Gasteiger charge is 2.27. The number of unbranched alkanes of at least 4 members (excludes halogenated alkanes) is 15. The molecule has 0 aliphatic heterocycles. The Morgan fingerprint density at radius 1 is 0.647 bits per heavy atom. The number of rotatable bonds is 37. The van der Waals surface area contributed by atoms with E-state index in [-0.39, 0.29) is 13.0 Å². The van der Waals surface area contributed by atoms with Crippen molar-refractivity contribution in [1.29, 1.82) is 0 Å². The zero-order valence-electron chi connectivity index (χ0n) is 31.9. The van der Waals surface area contributed by atoms with Gasteiger partial charge in [-0.3, -0.25) is 18.6 Å². The van der Waals surface area contributed by atoms with Crippen LogP contribution in [0.15, 0.2) is 48.6 Å². The lowest BCUT2D eigenvalue weighted by Gasteiger charge is -2.20. The standard InChI is InChI=1S/C40H72NO9P/c1-3-5-7-9-11-13-15-17-18-19-20-21-22-24-26-28-30-32-39(42)50-37(35-48-51(45,46)49-36-38(41)40(43)44)34-47-33-31-29-27-25-23-16-14-12-10-8-6-4-2/h5,7,10-13,17-18,37-38H,3-4,6,8-9,14-16,19-36,41H2,1-2H3,(H,43,44)(H,45,46)/b7-5-,12-10-,13-11-,18-17-. The third-order valence-corrected chi connectivity index (χ3v) is 9.04. The molecule has 0 aromatic rings. The van der Waals surface area contributed by atoms with E-state index in [1.807, 2.05) is 0 Å². The van der Waals surface area contributed by atoms with Gasteiger partial charge in [-0.2, -0.15) is 0 Å². The zero-order valence-corrected chi connectivity index (χ0v) is 32.8. The first-order valence-corrected chi connectivity index (χ1v) is 21.2. The number of ether oxygens (including phenoxy) is 2. The minimum Gasteiger partial charge on any atom is -0.480 e. The van der Waals surface area contributed by atoms with Gasteiger partial charge in [-0.15, -0.1) is 0 Å². The molecule has 0 heterocycles. The summed E-state index contributed by atoms with van der Waals surface area (Å²) in [6, 6.07) is -1.48. The summed E-state index contributed by atoms with van der Waals surface area (Å²) in [6.45, 7) is 3.69. The Morgan fingerprint density at radius 2 is 1.14 bits per heavy atom. The lowest BCUT2D eigenvalue weighted by Crippen LogP contribution is -2.34. The van der Waals surface area contributed by atoms with E-state index in [0.717, 1.165) is 70.6 Å². The van der Waals surface area contributed by atoms with E-state index in [1.165, 1.54) is 57.8 Å². The molecule has 51 heavy (non-hydrogen) atoms. The fourth-order valence-corrected chi connectivity index (χ4v) is 5.79. The van der Waals surface area contributed by atoms with E-state index < -0.39 is 45.1 Å². The normalized spacial score (nSPS) is 14.6. The molecule has 0 radical (unpaired) electrons. The molecule has 0 saturated heterocycles. The molecule has 3 atom stereocenters. The summed E-state index contributed by atoms with van der Waals surface area (Å²) in [7, 11) is -4.62. The maximum Gasteiger partial charge on any atom is 0.472 e. The van der Waals surface area contributed by atoms with E-state index in [9.17, 15) is 19.0 Å². The van der Waals surface area contributed by atoms with Gasteiger partial charge in [-0.25, -0.2) is 4.57 Å². The van der Waals surface area contributed by atoms with Crippen LogP contribution in [-0.4, -0.2) is 60.5 Å². The van der Waals surface area contributed by atoms with Gasteiger partial charge in [0, 0.05) is 13.0 Å². The maximum atomic E-state index is 12.6. The summed E-state index contributed by atoms with van der Waals surface area (Å²) in [5, 5.41) is 8.87. The number of allylic oxidation sites excluding steroid dienone is 8. The van der Waals surface area contributed by atoms with Crippen LogP contribution in [0.3, 0.4) is 0 Å². The molecule has 0 bridgehead atoms. The highest BCUT2D eigenvalue weighted by molar-refractivity contribution is 7.47. The summed E-state index contributed by atoms with van der Waals surface area (Å²) in [4.78, 5) is 33.4. The predicted molar refractivity (Wildman–Crippen MR) is 208 cm³/mol. The number of hydrogen-bond donors (Lipinski definition) is 3. The fourth-order valence-electron chi connectivity index (χ4n) is 5.01. The van der Waals surface area contributed by atoms with Crippen molar-refractivity contribution in [2.45, 2.75) is 167 Å². The molecule has 296 valence electrons. The largest absolute Gasteiger partial charge is 0.480 e. The molecule has 0 amide bonds. The van der Waals surface area contributed by atoms with E-state index >= 15 is 0 Å². The zero-order chi connectivity index (χ0) is 37.7. The Bertz CT molecular complexity index is 998. The number of carbonyl (C=O) groups excluding carboxylic acids is 1. The number of carboxylic acids is 1. The maximum absolute atomic E-state index is 12.6. The van der Waals surface area contributed by atoms with Crippen LogP contribution in [0.1, 0.15) is 155 Å². The molecule has 0 aliphatic rings. The lowest BCUT2D eigenvalue weighted by molar-refractivity contribution is -0.154. The molecule has 0 fully saturated rings. The number of esters is 1. The van der Waals surface area contributed by atoms with Crippen molar-refractivity contribution in [1.82, 2.24) is 0 Å². The highest BCUT2D eigenvalue weighted by atomic mass is 31.2. The second-order valence-electron chi connectivity index (χ2n) is 13.0. The number of carboxylic acid groups (broad SMARTS) is 1. The van der Waals surface area contributed by atoms with Crippen LogP contribution in [0.25, 0.3) is 0 Å². The Morgan fingerprint density at radius 3 is 1.73 bits per heavy atom. The van der Waals surface area contributed by atoms with Crippen LogP contribution in [0, 0.1) is 0 Å². The van der Waals surface area contributed by atoms with Crippen molar-refractivity contribution in [3.8, 4) is 0 Å². The molecule has 3 unspecified atom stereocenters. The number of nitrogens with two attached hydrogens (primary N) is 1. The van der Waals surface area contributed by atoms with E-state index in [4.69, 9.17) is 29.4 Å². The average molecular weight is 742 g/mol. The van der Waals surface area contributed by atoms with Crippen LogP contribution in [0.4, 0.5) is 0 Å². The third kappa shape index (κ3) is 36.1. The Kier molecular flexibility index (Phi) is 34.8. The van der Waals surface area contributed by atoms with Gasteiger partial charge in [0.1, 0.15) is 12.1 Å². The second kappa shape index (κ2) is 36.3. The summed E-state index contributed by atoms with van der Waals surface area (Å²) in [5.74, 6) is -1.79. The highest BCUT2D eigenvalue weighted by Crippen LogP contribution is 2.43. The number of hydrogen-bond acceptors (Lipinski definition) is 8. The molecule has 0 aromatic heterocycles. The first kappa shape index (κ1) is 48.9. The van der Waals surface area contributed by atoms with Crippen LogP contribution in [0.2, 0.25) is 0 Å². The van der Waals surface area contributed by atoms with Crippen molar-refractivity contribution in [2.24, 2.45) is 5.73 Å². The van der Waals surface area contributed by atoms with Gasteiger partial charge in [0.05, 0.1) is 19.8 Å². The molecule has 0 saturated carbocycles. The molecule has 4 N–H and O–H groups in total. The predicted octanol–water partition coefficient (Wildman–Crippen LogP) is 10.3. The molecule has 11 heteroatoms. The molecule has 10 nitrogen and oxygen atoms in total. The summed E-state index contributed by atoms with van der Waals surface area (Å²) in [6.07, 6.45) is 40.2. The van der Waals surface area contributed by atoms with Gasteiger partial charge in [-0.1, -0.05) is 133 Å². The topological polar surface area (TPSA) is 155 Å². The van der Waals surface area contributed by atoms with Gasteiger partial charge < -0.3 is 25.2 Å². The summed E-state index contributed by atoms with van der Waals surface area (Å²) in [5.41, 5.74) is 5.34. The molecule has 0 rings (SSSR count). The van der Waals surface area contributed by atoms with Gasteiger partial charge in [0.2, 0.25) is 0 Å². The smallest absolute Gasteiger partial charge is 0.472 e.